The number of hydrogen-bond donors (Lipinski definition) is 3. The monoisotopic (exact) mass is 820 g/mol. The molecule has 0 heterocycles. The average Bonchev–Trinajstić information content (AvgIpc) is 3.22. The maximum absolute atomic E-state index is 12.4. The van der Waals surface area contributed by atoms with Crippen LogP contribution in [0.2, 0.25) is 0 Å². The number of amides is 1. The van der Waals surface area contributed by atoms with Crippen LogP contribution in [0, 0.1) is 0 Å². The minimum absolute atomic E-state index is 0.00208. The van der Waals surface area contributed by atoms with E-state index < -0.39 is 12.1 Å². The molecule has 0 aromatic heterocycles. The van der Waals surface area contributed by atoms with Crippen LogP contribution in [0.5, 0.6) is 0 Å². The molecule has 3 N–H and O–H groups in total. The number of carbonyl (C=O) groups is 2. The van der Waals surface area contributed by atoms with E-state index in [9.17, 15) is 19.8 Å². The topological polar surface area (TPSA) is 95.9 Å². The fraction of sp³-hybridized carbons (Fsp3) is 0.923. The summed E-state index contributed by atoms with van der Waals surface area (Å²) in [5.41, 5.74) is 0. The first-order valence-electron chi connectivity index (χ1n) is 25.9. The van der Waals surface area contributed by atoms with E-state index in [0.717, 1.165) is 51.4 Å². The summed E-state index contributed by atoms with van der Waals surface area (Å²) in [5, 5.41) is 23.2. The van der Waals surface area contributed by atoms with Crippen molar-refractivity contribution in [1.82, 2.24) is 5.32 Å². The van der Waals surface area contributed by atoms with E-state index in [1.807, 2.05) is 0 Å². The number of rotatable bonds is 48. The first kappa shape index (κ1) is 56.6. The second-order valence-electron chi connectivity index (χ2n) is 17.9. The first-order chi connectivity index (χ1) is 28.5. The van der Waals surface area contributed by atoms with Gasteiger partial charge in [0, 0.05) is 12.8 Å². The summed E-state index contributed by atoms with van der Waals surface area (Å²) in [6, 6.07) is -0.548. The summed E-state index contributed by atoms with van der Waals surface area (Å²) in [5.74, 6) is -0.0487. The highest BCUT2D eigenvalue weighted by molar-refractivity contribution is 5.76. The number of nitrogens with one attached hydrogen (secondary N) is 1. The quantitative estimate of drug-likeness (QED) is 0.0323. The lowest BCUT2D eigenvalue weighted by Gasteiger charge is -2.22. The zero-order chi connectivity index (χ0) is 42.3. The van der Waals surface area contributed by atoms with Crippen LogP contribution in [0.3, 0.4) is 0 Å². The molecule has 0 saturated heterocycles. The lowest BCUT2D eigenvalue weighted by atomic mass is 10.0. The molecule has 0 aliphatic rings. The van der Waals surface area contributed by atoms with E-state index in [0.29, 0.717) is 25.9 Å². The van der Waals surface area contributed by atoms with Gasteiger partial charge in [0.15, 0.2) is 0 Å². The van der Waals surface area contributed by atoms with Gasteiger partial charge in [0.05, 0.1) is 25.4 Å². The Morgan fingerprint density at radius 2 is 0.810 bits per heavy atom. The van der Waals surface area contributed by atoms with E-state index in [-0.39, 0.29) is 18.5 Å². The number of aliphatic hydroxyl groups is 2. The van der Waals surface area contributed by atoms with E-state index in [1.165, 1.54) is 199 Å². The van der Waals surface area contributed by atoms with Crippen LogP contribution < -0.4 is 5.32 Å². The first-order valence-corrected chi connectivity index (χ1v) is 25.9. The summed E-state index contributed by atoms with van der Waals surface area (Å²) in [7, 11) is 0. The number of allylic oxidation sites excluding steroid dienone is 2. The molecule has 6 heteroatoms. The van der Waals surface area contributed by atoms with Gasteiger partial charge >= 0.3 is 5.97 Å². The van der Waals surface area contributed by atoms with Gasteiger partial charge in [-0.05, 0) is 51.4 Å². The van der Waals surface area contributed by atoms with Crippen LogP contribution in [0.4, 0.5) is 0 Å². The number of esters is 1. The molecule has 2 atom stereocenters. The fourth-order valence-electron chi connectivity index (χ4n) is 8.05. The molecule has 0 spiro atoms. The maximum atomic E-state index is 12.4. The van der Waals surface area contributed by atoms with E-state index in [4.69, 9.17) is 4.74 Å². The molecule has 6 nitrogen and oxygen atoms in total. The molecule has 0 fully saturated rings. The predicted octanol–water partition coefficient (Wildman–Crippen LogP) is 15.3. The standard InChI is InChI=1S/C52H101NO5/c1-3-5-7-9-11-13-15-21-25-28-32-36-40-44-50(55)49(48-54)53-51(56)45-41-37-33-29-26-22-19-17-16-18-20-23-27-31-35-39-43-47-58-52(57)46-42-38-34-30-24-14-12-10-8-6-4-2/h16,18,49-50,54-55H,3-15,17,19-48H2,1-2H3,(H,53,56)/b18-16-. The smallest absolute Gasteiger partial charge is 0.305 e. The lowest BCUT2D eigenvalue weighted by molar-refractivity contribution is -0.143. The maximum Gasteiger partial charge on any atom is 0.305 e. The molecular weight excluding hydrogens is 719 g/mol. The Morgan fingerprint density at radius 3 is 1.22 bits per heavy atom. The molecule has 0 aliphatic heterocycles. The van der Waals surface area contributed by atoms with Crippen LogP contribution in [0.25, 0.3) is 0 Å². The van der Waals surface area contributed by atoms with Crippen molar-refractivity contribution in [3.8, 4) is 0 Å². The van der Waals surface area contributed by atoms with Gasteiger partial charge in [-0.1, -0.05) is 231 Å². The molecule has 58 heavy (non-hydrogen) atoms. The SMILES string of the molecule is CCCCCCCCCCCCCCCC(O)C(CO)NC(=O)CCCCCCCCC/C=C\CCCCCCCCOC(=O)CCCCCCCCCCCCC. The number of ether oxygens (including phenoxy) is 1. The number of carbonyl (C=O) groups excluding carboxylic acids is 2. The molecule has 0 aliphatic carbocycles. The molecule has 0 saturated carbocycles. The van der Waals surface area contributed by atoms with Gasteiger partial charge in [0.1, 0.15) is 0 Å². The van der Waals surface area contributed by atoms with Gasteiger partial charge in [0.25, 0.3) is 0 Å². The Kier molecular flexibility index (Phi) is 47.1. The number of unbranched alkanes of at least 4 members (excludes halogenated alkanes) is 35. The Labute approximate surface area is 361 Å². The van der Waals surface area contributed by atoms with Crippen LogP contribution in [-0.4, -0.2) is 47.4 Å². The van der Waals surface area contributed by atoms with Crippen molar-refractivity contribution in [2.24, 2.45) is 0 Å². The van der Waals surface area contributed by atoms with E-state index in [2.05, 4.69) is 31.3 Å². The minimum atomic E-state index is -0.670. The largest absolute Gasteiger partial charge is 0.466 e. The van der Waals surface area contributed by atoms with Gasteiger partial charge in [-0.15, -0.1) is 0 Å². The van der Waals surface area contributed by atoms with Crippen LogP contribution in [0.1, 0.15) is 284 Å². The third kappa shape index (κ3) is 44.2. The minimum Gasteiger partial charge on any atom is -0.466 e. The molecule has 0 aromatic rings. The Morgan fingerprint density at radius 1 is 0.466 bits per heavy atom. The van der Waals surface area contributed by atoms with Crippen LogP contribution in [0.15, 0.2) is 12.2 Å². The predicted molar refractivity (Wildman–Crippen MR) is 250 cm³/mol. The molecule has 0 bridgehead atoms. The van der Waals surface area contributed by atoms with Crippen molar-refractivity contribution in [2.45, 2.75) is 296 Å². The highest BCUT2D eigenvalue weighted by Gasteiger charge is 2.20. The Hall–Kier alpha value is -1.40. The van der Waals surface area contributed by atoms with Crippen molar-refractivity contribution < 1.29 is 24.5 Å². The molecule has 0 aromatic carbocycles. The Balaban J connectivity index is 3.46. The van der Waals surface area contributed by atoms with Gasteiger partial charge in [-0.3, -0.25) is 9.59 Å². The van der Waals surface area contributed by atoms with Crippen LogP contribution in [-0.2, 0) is 14.3 Å². The third-order valence-electron chi connectivity index (χ3n) is 12.1. The van der Waals surface area contributed by atoms with Gasteiger partial charge in [0.2, 0.25) is 5.91 Å². The van der Waals surface area contributed by atoms with Gasteiger partial charge in [-0.25, -0.2) is 0 Å². The average molecular weight is 820 g/mol. The molecule has 344 valence electrons. The van der Waals surface area contributed by atoms with Crippen molar-refractivity contribution in [2.75, 3.05) is 13.2 Å². The zero-order valence-electron chi connectivity index (χ0n) is 39.0. The van der Waals surface area contributed by atoms with Crippen molar-refractivity contribution in [3.63, 3.8) is 0 Å². The van der Waals surface area contributed by atoms with Crippen molar-refractivity contribution in [3.05, 3.63) is 12.2 Å². The van der Waals surface area contributed by atoms with E-state index >= 15 is 0 Å². The van der Waals surface area contributed by atoms with Gasteiger partial charge in [-0.2, -0.15) is 0 Å². The van der Waals surface area contributed by atoms with E-state index in [1.54, 1.807) is 0 Å². The fourth-order valence-corrected chi connectivity index (χ4v) is 8.05. The number of aliphatic hydroxyl groups excluding tert-OH is 2. The molecular formula is C52H101NO5. The normalized spacial score (nSPS) is 12.7. The van der Waals surface area contributed by atoms with Crippen molar-refractivity contribution >= 4 is 11.9 Å². The molecule has 2 unspecified atom stereocenters. The third-order valence-corrected chi connectivity index (χ3v) is 12.1. The van der Waals surface area contributed by atoms with Crippen LogP contribution >= 0.6 is 0 Å². The summed E-state index contributed by atoms with van der Waals surface area (Å²) in [6.45, 7) is 4.93. The lowest BCUT2D eigenvalue weighted by Crippen LogP contribution is -2.45. The Bertz CT molecular complexity index is 863. The summed E-state index contributed by atoms with van der Waals surface area (Å²) in [6.07, 6.45) is 54.7. The zero-order valence-corrected chi connectivity index (χ0v) is 39.0. The summed E-state index contributed by atoms with van der Waals surface area (Å²) in [4.78, 5) is 24.4. The highest BCUT2D eigenvalue weighted by atomic mass is 16.5. The highest BCUT2D eigenvalue weighted by Crippen LogP contribution is 2.16. The number of hydrogen-bond acceptors (Lipinski definition) is 5. The summed E-state index contributed by atoms with van der Waals surface area (Å²) >= 11 is 0. The van der Waals surface area contributed by atoms with Crippen molar-refractivity contribution in [1.29, 1.82) is 0 Å². The molecule has 1 amide bonds. The van der Waals surface area contributed by atoms with Gasteiger partial charge < -0.3 is 20.3 Å². The molecule has 0 rings (SSSR count). The summed E-state index contributed by atoms with van der Waals surface area (Å²) < 4.78 is 5.44. The second-order valence-corrected chi connectivity index (χ2v) is 17.9. The molecule has 0 radical (unpaired) electrons. The second kappa shape index (κ2) is 48.3.